The first-order valence-corrected chi connectivity index (χ1v) is 9.90. The van der Waals surface area contributed by atoms with Crippen LogP contribution in [0.25, 0.3) is 0 Å². The maximum Gasteiger partial charge on any atom is 0.257 e. The summed E-state index contributed by atoms with van der Waals surface area (Å²) in [5, 5.41) is 5.33. The summed E-state index contributed by atoms with van der Waals surface area (Å²) >= 11 is 1.37. The molecule has 0 bridgehead atoms. The molecule has 2 amide bonds. The quantitative estimate of drug-likeness (QED) is 0.846. The van der Waals surface area contributed by atoms with E-state index in [1.807, 2.05) is 41.5 Å². The SMILES string of the molecule is CCc1ccc(C(=O)Nc2sccc2C(=O)N2CC(CN)CC2C)cc1. The van der Waals surface area contributed by atoms with Gasteiger partial charge in [-0.15, -0.1) is 11.3 Å². The first kappa shape index (κ1) is 18.6. The average Bonchev–Trinajstić information content (AvgIpc) is 3.27. The van der Waals surface area contributed by atoms with E-state index in [9.17, 15) is 9.59 Å². The molecule has 0 saturated carbocycles. The summed E-state index contributed by atoms with van der Waals surface area (Å²) in [5.41, 5.74) is 8.09. The van der Waals surface area contributed by atoms with Gasteiger partial charge < -0.3 is 16.0 Å². The molecular weight excluding hydrogens is 346 g/mol. The van der Waals surface area contributed by atoms with Gasteiger partial charge in [0.2, 0.25) is 0 Å². The molecular formula is C20H25N3O2S. The molecule has 0 aliphatic carbocycles. The summed E-state index contributed by atoms with van der Waals surface area (Å²) in [5.74, 6) is 0.118. The van der Waals surface area contributed by atoms with E-state index in [0.29, 0.717) is 35.1 Å². The van der Waals surface area contributed by atoms with Gasteiger partial charge in [0.05, 0.1) is 5.56 Å². The summed E-state index contributed by atoms with van der Waals surface area (Å²) < 4.78 is 0. The number of aryl methyl sites for hydroxylation is 1. The number of rotatable bonds is 5. The maximum absolute atomic E-state index is 12.9. The Labute approximate surface area is 158 Å². The smallest absolute Gasteiger partial charge is 0.257 e. The molecule has 6 heteroatoms. The van der Waals surface area contributed by atoms with Gasteiger partial charge >= 0.3 is 0 Å². The first-order valence-electron chi connectivity index (χ1n) is 9.02. The van der Waals surface area contributed by atoms with Crippen molar-refractivity contribution in [3.63, 3.8) is 0 Å². The van der Waals surface area contributed by atoms with Crippen LogP contribution in [0.5, 0.6) is 0 Å². The minimum atomic E-state index is -0.196. The van der Waals surface area contributed by atoms with Crippen LogP contribution in [0.2, 0.25) is 0 Å². The third kappa shape index (κ3) is 3.81. The summed E-state index contributed by atoms with van der Waals surface area (Å²) in [6.07, 6.45) is 1.86. The van der Waals surface area contributed by atoms with Gasteiger partial charge in [-0.1, -0.05) is 19.1 Å². The van der Waals surface area contributed by atoms with Crippen LogP contribution >= 0.6 is 11.3 Å². The predicted molar refractivity (Wildman–Crippen MR) is 106 cm³/mol. The third-order valence-corrected chi connectivity index (χ3v) is 5.83. The van der Waals surface area contributed by atoms with E-state index in [-0.39, 0.29) is 17.9 Å². The number of likely N-dealkylation sites (tertiary alicyclic amines) is 1. The number of carbonyl (C=O) groups excluding carboxylic acids is 2. The van der Waals surface area contributed by atoms with Crippen molar-refractivity contribution in [1.82, 2.24) is 4.90 Å². The Morgan fingerprint density at radius 1 is 1.27 bits per heavy atom. The number of amides is 2. The van der Waals surface area contributed by atoms with Crippen LogP contribution in [0.1, 0.15) is 46.5 Å². The fourth-order valence-corrected chi connectivity index (χ4v) is 4.17. The van der Waals surface area contributed by atoms with Crippen molar-refractivity contribution >= 4 is 28.2 Å². The monoisotopic (exact) mass is 371 g/mol. The standard InChI is InChI=1S/C20H25N3O2S/c1-3-14-4-6-16(7-5-14)18(24)22-19-17(8-9-26-19)20(25)23-12-15(11-21)10-13(23)2/h4-9,13,15H,3,10-12,21H2,1-2H3,(H,22,24). The summed E-state index contributed by atoms with van der Waals surface area (Å²) in [6.45, 7) is 5.40. The van der Waals surface area contributed by atoms with Crippen molar-refractivity contribution in [2.75, 3.05) is 18.4 Å². The lowest BCUT2D eigenvalue weighted by atomic mass is 10.1. The molecule has 1 aliphatic rings. The van der Waals surface area contributed by atoms with Crippen LogP contribution in [0.4, 0.5) is 5.00 Å². The number of benzene rings is 1. The number of carbonyl (C=O) groups is 2. The van der Waals surface area contributed by atoms with Crippen LogP contribution in [0.3, 0.4) is 0 Å². The van der Waals surface area contributed by atoms with Crippen molar-refractivity contribution in [2.45, 2.75) is 32.7 Å². The number of anilines is 1. The lowest BCUT2D eigenvalue weighted by Crippen LogP contribution is -2.34. The minimum absolute atomic E-state index is 0.0358. The Hall–Kier alpha value is -2.18. The Bertz CT molecular complexity index is 785. The molecule has 1 fully saturated rings. The van der Waals surface area contributed by atoms with Crippen LogP contribution < -0.4 is 11.1 Å². The highest BCUT2D eigenvalue weighted by molar-refractivity contribution is 7.14. The highest BCUT2D eigenvalue weighted by Crippen LogP contribution is 2.30. The molecule has 1 saturated heterocycles. The van der Waals surface area contributed by atoms with Crippen molar-refractivity contribution in [3.05, 3.63) is 52.4 Å². The maximum atomic E-state index is 12.9. The number of hydrogen-bond acceptors (Lipinski definition) is 4. The second kappa shape index (κ2) is 8.01. The molecule has 1 aromatic carbocycles. The van der Waals surface area contributed by atoms with Gasteiger partial charge in [-0.3, -0.25) is 9.59 Å². The molecule has 0 radical (unpaired) electrons. The molecule has 3 N–H and O–H groups in total. The van der Waals surface area contributed by atoms with E-state index >= 15 is 0 Å². The van der Waals surface area contributed by atoms with Crippen molar-refractivity contribution < 1.29 is 9.59 Å². The lowest BCUT2D eigenvalue weighted by molar-refractivity contribution is 0.0745. The fraction of sp³-hybridized carbons (Fsp3) is 0.400. The highest BCUT2D eigenvalue weighted by atomic mass is 32.1. The van der Waals surface area contributed by atoms with E-state index in [1.165, 1.54) is 16.9 Å². The molecule has 5 nitrogen and oxygen atoms in total. The van der Waals surface area contributed by atoms with Crippen molar-refractivity contribution in [2.24, 2.45) is 11.7 Å². The molecule has 138 valence electrons. The molecule has 26 heavy (non-hydrogen) atoms. The second-order valence-electron chi connectivity index (χ2n) is 6.81. The molecule has 1 aromatic heterocycles. The second-order valence-corrected chi connectivity index (χ2v) is 7.73. The number of nitrogens with zero attached hydrogens (tertiary/aromatic N) is 1. The van der Waals surface area contributed by atoms with Crippen LogP contribution in [0.15, 0.2) is 35.7 Å². The zero-order chi connectivity index (χ0) is 18.7. The molecule has 2 unspecified atom stereocenters. The number of hydrogen-bond donors (Lipinski definition) is 2. The van der Waals surface area contributed by atoms with Crippen LogP contribution in [-0.4, -0.2) is 35.8 Å². The Balaban J connectivity index is 1.73. The molecule has 2 aromatic rings. The topological polar surface area (TPSA) is 75.4 Å². The minimum Gasteiger partial charge on any atom is -0.336 e. The average molecular weight is 372 g/mol. The van der Waals surface area contributed by atoms with Gasteiger partial charge in [0, 0.05) is 18.2 Å². The van der Waals surface area contributed by atoms with Crippen LogP contribution in [0, 0.1) is 5.92 Å². The summed E-state index contributed by atoms with van der Waals surface area (Å²) in [6, 6.07) is 9.49. The van der Waals surface area contributed by atoms with E-state index < -0.39 is 0 Å². The fourth-order valence-electron chi connectivity index (χ4n) is 3.39. The van der Waals surface area contributed by atoms with Crippen LogP contribution in [-0.2, 0) is 6.42 Å². The zero-order valence-electron chi connectivity index (χ0n) is 15.2. The van der Waals surface area contributed by atoms with Gasteiger partial charge in [0.15, 0.2) is 0 Å². The van der Waals surface area contributed by atoms with Gasteiger partial charge in [-0.2, -0.15) is 0 Å². The molecule has 2 atom stereocenters. The summed E-state index contributed by atoms with van der Waals surface area (Å²) in [4.78, 5) is 27.3. The number of nitrogens with one attached hydrogen (secondary N) is 1. The van der Waals surface area contributed by atoms with Crippen molar-refractivity contribution in [3.8, 4) is 0 Å². The first-order chi connectivity index (χ1) is 12.5. The van der Waals surface area contributed by atoms with E-state index in [1.54, 1.807) is 6.07 Å². The molecule has 2 heterocycles. The van der Waals surface area contributed by atoms with E-state index in [0.717, 1.165) is 12.8 Å². The Kier molecular flexibility index (Phi) is 5.74. The Morgan fingerprint density at radius 3 is 2.62 bits per heavy atom. The number of nitrogens with two attached hydrogens (primary N) is 1. The largest absolute Gasteiger partial charge is 0.336 e. The molecule has 3 rings (SSSR count). The Morgan fingerprint density at radius 2 is 2.00 bits per heavy atom. The number of thiophene rings is 1. The van der Waals surface area contributed by atoms with Gasteiger partial charge in [0.1, 0.15) is 5.00 Å². The predicted octanol–water partition coefficient (Wildman–Crippen LogP) is 3.37. The normalized spacial score (nSPS) is 19.6. The van der Waals surface area contributed by atoms with Crippen molar-refractivity contribution in [1.29, 1.82) is 0 Å². The summed E-state index contributed by atoms with van der Waals surface area (Å²) in [7, 11) is 0. The molecule has 0 spiro atoms. The highest BCUT2D eigenvalue weighted by Gasteiger charge is 2.33. The van der Waals surface area contributed by atoms with Gasteiger partial charge in [0.25, 0.3) is 11.8 Å². The lowest BCUT2D eigenvalue weighted by Gasteiger charge is -2.21. The van der Waals surface area contributed by atoms with E-state index in [2.05, 4.69) is 12.2 Å². The third-order valence-electron chi connectivity index (χ3n) is 5.00. The molecule has 1 aliphatic heterocycles. The zero-order valence-corrected chi connectivity index (χ0v) is 16.0. The van der Waals surface area contributed by atoms with E-state index in [4.69, 9.17) is 5.73 Å². The van der Waals surface area contributed by atoms with Gasteiger partial charge in [-0.05, 0) is 61.4 Å². The van der Waals surface area contributed by atoms with Gasteiger partial charge in [-0.25, -0.2) is 0 Å².